The van der Waals surface area contributed by atoms with E-state index in [0.29, 0.717) is 22.5 Å². The average Bonchev–Trinajstić information content (AvgIpc) is 3.50. The summed E-state index contributed by atoms with van der Waals surface area (Å²) in [5.41, 5.74) is 3.87. The molecule has 32 heavy (non-hydrogen) atoms. The Morgan fingerprint density at radius 2 is 1.75 bits per heavy atom. The minimum Gasteiger partial charge on any atom is -0.355 e. The summed E-state index contributed by atoms with van der Waals surface area (Å²) in [5.74, 6) is 0.254. The highest BCUT2D eigenvalue weighted by atomic mass is 35.5. The summed E-state index contributed by atoms with van der Waals surface area (Å²) >= 11 is 7.81. The molecule has 2 heterocycles. The molecule has 0 radical (unpaired) electrons. The van der Waals surface area contributed by atoms with Gasteiger partial charge in [0.1, 0.15) is 0 Å². The smallest absolute Gasteiger partial charge is 0.282 e. The van der Waals surface area contributed by atoms with Crippen LogP contribution in [-0.2, 0) is 6.54 Å². The first-order valence-electron chi connectivity index (χ1n) is 10.0. The van der Waals surface area contributed by atoms with E-state index < -0.39 is 0 Å². The van der Waals surface area contributed by atoms with Gasteiger partial charge in [-0.2, -0.15) is 0 Å². The molecule has 0 fully saturated rings. The molecule has 0 saturated heterocycles. The summed E-state index contributed by atoms with van der Waals surface area (Å²) in [6, 6.07) is 24.8. The van der Waals surface area contributed by atoms with Gasteiger partial charge in [-0.05, 0) is 24.1 Å². The van der Waals surface area contributed by atoms with E-state index in [1.807, 2.05) is 79.7 Å². The first-order chi connectivity index (χ1) is 15.6. The highest BCUT2D eigenvalue weighted by Crippen LogP contribution is 2.36. The fraction of sp³-hybridized carbons (Fsp3) is 0.0800. The molecule has 0 unspecified atom stereocenters. The van der Waals surface area contributed by atoms with Crippen LogP contribution >= 0.6 is 22.9 Å². The summed E-state index contributed by atoms with van der Waals surface area (Å²) in [7, 11) is 0. The Labute approximate surface area is 193 Å². The number of thiazole rings is 1. The van der Waals surface area contributed by atoms with Crippen LogP contribution in [0.4, 0.5) is 5.13 Å². The number of carbonyl (C=O) groups excluding carboxylic acids is 1. The van der Waals surface area contributed by atoms with Gasteiger partial charge in [-0.1, -0.05) is 94.8 Å². The number of carbonyl (C=O) groups is 1. The van der Waals surface area contributed by atoms with Crippen LogP contribution in [0.1, 0.15) is 21.6 Å². The quantitative estimate of drug-likeness (QED) is 0.291. The number of aromatic nitrogens is 2. The van der Waals surface area contributed by atoms with Gasteiger partial charge >= 0.3 is 0 Å². The number of halogens is 1. The summed E-state index contributed by atoms with van der Waals surface area (Å²) in [4.78, 5) is 20.0. The lowest BCUT2D eigenvalue weighted by atomic mass is 10.1. The number of hydrogen-bond donors (Lipinski definition) is 0. The Hall–Kier alpha value is -3.48. The zero-order chi connectivity index (χ0) is 22.1. The van der Waals surface area contributed by atoms with Crippen molar-refractivity contribution in [2.75, 3.05) is 4.90 Å². The van der Waals surface area contributed by atoms with Gasteiger partial charge in [0.05, 0.1) is 21.8 Å². The number of hydrogen-bond acceptors (Lipinski definition) is 5. The molecule has 7 heteroatoms. The largest absolute Gasteiger partial charge is 0.355 e. The highest BCUT2D eigenvalue weighted by Gasteiger charge is 2.26. The number of benzene rings is 3. The molecule has 158 valence electrons. The number of rotatable bonds is 5. The Morgan fingerprint density at radius 3 is 2.47 bits per heavy atom. The van der Waals surface area contributed by atoms with Crippen LogP contribution in [0.5, 0.6) is 0 Å². The first-order valence-corrected chi connectivity index (χ1v) is 11.2. The van der Waals surface area contributed by atoms with Crippen LogP contribution in [0, 0.1) is 6.92 Å². The molecule has 0 aliphatic carbocycles. The van der Waals surface area contributed by atoms with E-state index in [2.05, 4.69) is 5.16 Å². The van der Waals surface area contributed by atoms with Gasteiger partial charge in [-0.25, -0.2) is 4.98 Å². The molecular formula is C25H18ClN3O2S. The molecule has 2 aromatic heterocycles. The lowest BCUT2D eigenvalue weighted by molar-refractivity contribution is 0.0976. The number of aryl methyl sites for hydroxylation is 1. The summed E-state index contributed by atoms with van der Waals surface area (Å²) in [5, 5.41) is 5.24. The van der Waals surface area contributed by atoms with Crippen molar-refractivity contribution in [1.29, 1.82) is 0 Å². The van der Waals surface area contributed by atoms with Gasteiger partial charge in [-0.3, -0.25) is 9.69 Å². The van der Waals surface area contributed by atoms with Crippen LogP contribution in [0.2, 0.25) is 5.02 Å². The second kappa shape index (κ2) is 8.57. The predicted octanol–water partition coefficient (Wildman–Crippen LogP) is 6.76. The molecule has 5 aromatic rings. The van der Waals surface area contributed by atoms with Crippen LogP contribution in [0.25, 0.3) is 21.5 Å². The van der Waals surface area contributed by atoms with Gasteiger partial charge in [0.15, 0.2) is 16.6 Å². The molecule has 0 N–H and O–H groups in total. The molecule has 0 atom stereocenters. The molecular weight excluding hydrogens is 442 g/mol. The third kappa shape index (κ3) is 3.90. The molecule has 5 nitrogen and oxygen atoms in total. The van der Waals surface area contributed by atoms with Crippen molar-refractivity contribution in [3.05, 3.63) is 101 Å². The van der Waals surface area contributed by atoms with Gasteiger partial charge in [0.2, 0.25) is 0 Å². The molecule has 1 amide bonds. The second-order valence-corrected chi connectivity index (χ2v) is 8.74. The SMILES string of the molecule is Cc1ccc(Cl)c2sc(N(Cc3ccccc3)C(=O)c3cc(-c4ccccc4)on3)nc12. The van der Waals surface area contributed by atoms with Gasteiger partial charge in [0.25, 0.3) is 5.91 Å². The van der Waals surface area contributed by atoms with Crippen molar-refractivity contribution in [2.24, 2.45) is 0 Å². The monoisotopic (exact) mass is 459 g/mol. The van der Waals surface area contributed by atoms with Crippen LogP contribution in [-0.4, -0.2) is 16.0 Å². The Bertz CT molecular complexity index is 1360. The molecule has 0 aliphatic rings. The van der Waals surface area contributed by atoms with Crippen molar-refractivity contribution in [1.82, 2.24) is 10.1 Å². The van der Waals surface area contributed by atoms with E-state index in [0.717, 1.165) is 26.9 Å². The third-order valence-corrected chi connectivity index (χ3v) is 6.67. The number of fused-ring (bicyclic) bond motifs is 1. The summed E-state index contributed by atoms with van der Waals surface area (Å²) in [6.07, 6.45) is 0. The molecule has 3 aromatic carbocycles. The Balaban J connectivity index is 1.56. The van der Waals surface area contributed by atoms with Crippen molar-refractivity contribution in [3.63, 3.8) is 0 Å². The lowest BCUT2D eigenvalue weighted by Gasteiger charge is -2.18. The van der Waals surface area contributed by atoms with E-state index in [-0.39, 0.29) is 11.6 Å². The van der Waals surface area contributed by atoms with E-state index in [1.165, 1.54) is 11.3 Å². The van der Waals surface area contributed by atoms with Gasteiger partial charge in [0, 0.05) is 11.6 Å². The van der Waals surface area contributed by atoms with E-state index in [9.17, 15) is 4.79 Å². The van der Waals surface area contributed by atoms with Gasteiger partial charge in [-0.15, -0.1) is 0 Å². The van der Waals surface area contributed by atoms with Crippen molar-refractivity contribution in [2.45, 2.75) is 13.5 Å². The summed E-state index contributed by atoms with van der Waals surface area (Å²) in [6.45, 7) is 2.33. The highest BCUT2D eigenvalue weighted by molar-refractivity contribution is 7.23. The van der Waals surface area contributed by atoms with Crippen LogP contribution < -0.4 is 4.90 Å². The number of anilines is 1. The van der Waals surface area contributed by atoms with Crippen LogP contribution in [0.15, 0.2) is 83.4 Å². The average molecular weight is 460 g/mol. The first kappa shape index (κ1) is 20.4. The minimum atomic E-state index is -0.285. The zero-order valence-corrected chi connectivity index (χ0v) is 18.7. The molecule has 0 aliphatic heterocycles. The fourth-order valence-corrected chi connectivity index (χ4v) is 4.77. The van der Waals surface area contributed by atoms with Crippen molar-refractivity contribution < 1.29 is 9.32 Å². The molecule has 0 saturated carbocycles. The van der Waals surface area contributed by atoms with E-state index >= 15 is 0 Å². The Kier molecular flexibility index (Phi) is 5.47. The summed E-state index contributed by atoms with van der Waals surface area (Å²) < 4.78 is 6.33. The minimum absolute atomic E-state index is 0.224. The Morgan fingerprint density at radius 1 is 1.03 bits per heavy atom. The van der Waals surface area contributed by atoms with Crippen LogP contribution in [0.3, 0.4) is 0 Å². The van der Waals surface area contributed by atoms with Crippen molar-refractivity contribution in [3.8, 4) is 11.3 Å². The molecule has 5 rings (SSSR count). The topological polar surface area (TPSA) is 59.2 Å². The fourth-order valence-electron chi connectivity index (χ4n) is 3.45. The number of nitrogens with zero attached hydrogens (tertiary/aromatic N) is 3. The zero-order valence-electron chi connectivity index (χ0n) is 17.2. The molecule has 0 spiro atoms. The van der Waals surface area contributed by atoms with Crippen molar-refractivity contribution >= 4 is 44.2 Å². The third-order valence-electron chi connectivity index (χ3n) is 5.13. The molecule has 0 bridgehead atoms. The normalized spacial score (nSPS) is 11.1. The standard InChI is InChI=1S/C25H18ClN3O2S/c1-16-12-13-19(26)23-22(16)27-25(32-23)29(15-17-8-4-2-5-9-17)24(30)20-14-21(31-28-20)18-10-6-3-7-11-18/h2-14H,15H2,1H3. The lowest BCUT2D eigenvalue weighted by Crippen LogP contribution is -2.30. The maximum absolute atomic E-state index is 13.6. The maximum atomic E-state index is 13.6. The maximum Gasteiger partial charge on any atom is 0.282 e. The van der Waals surface area contributed by atoms with E-state index in [1.54, 1.807) is 11.0 Å². The second-order valence-electron chi connectivity index (χ2n) is 7.36. The van der Waals surface area contributed by atoms with E-state index in [4.69, 9.17) is 21.1 Å². The number of amides is 1. The van der Waals surface area contributed by atoms with Gasteiger partial charge < -0.3 is 4.52 Å². The predicted molar refractivity (Wildman–Crippen MR) is 128 cm³/mol.